The molecule has 32 heavy (non-hydrogen) atoms. The molecular weight excluding hydrogens is 386 g/mol. The molecule has 1 aromatic heterocycles. The summed E-state index contributed by atoms with van der Waals surface area (Å²) in [7, 11) is 2.22. The molecule has 0 saturated heterocycles. The summed E-state index contributed by atoms with van der Waals surface area (Å²) in [5.74, 6) is 0. The Hall–Kier alpha value is -3.45. The van der Waals surface area contributed by atoms with Crippen molar-refractivity contribution < 1.29 is 4.57 Å². The van der Waals surface area contributed by atoms with Crippen molar-refractivity contribution in [2.75, 3.05) is 0 Å². The van der Waals surface area contributed by atoms with Crippen molar-refractivity contribution >= 4 is 21.7 Å². The van der Waals surface area contributed by atoms with E-state index in [2.05, 4.69) is 107 Å². The van der Waals surface area contributed by atoms with Crippen LogP contribution in [-0.2, 0) is 7.05 Å². The van der Waals surface area contributed by atoms with Crippen LogP contribution in [0, 0.1) is 34.6 Å². The van der Waals surface area contributed by atoms with Crippen molar-refractivity contribution in [3.63, 3.8) is 0 Å². The highest BCUT2D eigenvalue weighted by molar-refractivity contribution is 6.16. The maximum absolute atomic E-state index is 2.44. The van der Waals surface area contributed by atoms with Crippen LogP contribution in [-0.4, -0.2) is 0 Å². The van der Waals surface area contributed by atoms with Gasteiger partial charge in [-0.25, -0.2) is 0 Å². The SMILES string of the molecule is Cc1cc(C)c2c(C)cc(-c3cc4c(c(C)c3C)-c3cccc5cccc-4c35)[n+](C)c2c1. The fourth-order valence-electron chi connectivity index (χ4n) is 6.00. The van der Waals surface area contributed by atoms with Crippen molar-refractivity contribution in [2.24, 2.45) is 7.05 Å². The lowest BCUT2D eigenvalue weighted by molar-refractivity contribution is -0.633. The van der Waals surface area contributed by atoms with Gasteiger partial charge in [0, 0.05) is 17.7 Å². The van der Waals surface area contributed by atoms with E-state index in [1.54, 1.807) is 0 Å². The van der Waals surface area contributed by atoms with Crippen LogP contribution in [0.4, 0.5) is 0 Å². The summed E-state index contributed by atoms with van der Waals surface area (Å²) < 4.78 is 2.39. The maximum atomic E-state index is 2.44. The van der Waals surface area contributed by atoms with Gasteiger partial charge in [-0.05, 0) is 102 Å². The minimum atomic E-state index is 1.28. The molecule has 0 N–H and O–H groups in total. The monoisotopic (exact) mass is 414 g/mol. The number of aryl methyl sites for hydroxylation is 4. The Balaban J connectivity index is 1.70. The lowest BCUT2D eigenvalue weighted by Crippen LogP contribution is -2.33. The van der Waals surface area contributed by atoms with Gasteiger partial charge in [0.2, 0.25) is 11.2 Å². The lowest BCUT2D eigenvalue weighted by Gasteiger charge is -2.16. The number of fused-ring (bicyclic) bond motifs is 4. The molecule has 1 aliphatic carbocycles. The highest BCUT2D eigenvalue weighted by atomic mass is 14.9. The molecular formula is C31H28N+. The van der Waals surface area contributed by atoms with Gasteiger partial charge in [-0.2, -0.15) is 4.57 Å². The molecule has 1 aliphatic rings. The van der Waals surface area contributed by atoms with Gasteiger partial charge in [0.05, 0.1) is 5.39 Å². The second-order valence-corrected chi connectivity index (χ2v) is 9.55. The Bertz CT molecular complexity index is 1610. The molecule has 0 bridgehead atoms. The Morgan fingerprint density at radius 1 is 0.594 bits per heavy atom. The van der Waals surface area contributed by atoms with Crippen LogP contribution in [0.5, 0.6) is 0 Å². The number of nitrogens with zero attached hydrogens (tertiary/aromatic N) is 1. The minimum absolute atomic E-state index is 1.28. The van der Waals surface area contributed by atoms with E-state index in [-0.39, 0.29) is 0 Å². The smallest absolute Gasteiger partial charge is 0.194 e. The third kappa shape index (κ3) is 2.42. The van der Waals surface area contributed by atoms with Gasteiger partial charge in [0.25, 0.3) is 0 Å². The first-order chi connectivity index (χ1) is 15.4. The molecule has 1 heteroatoms. The van der Waals surface area contributed by atoms with Gasteiger partial charge in [-0.15, -0.1) is 0 Å². The van der Waals surface area contributed by atoms with Gasteiger partial charge < -0.3 is 0 Å². The maximum Gasteiger partial charge on any atom is 0.213 e. The van der Waals surface area contributed by atoms with E-state index in [0.717, 1.165) is 0 Å². The molecule has 156 valence electrons. The number of rotatable bonds is 1. The number of hydrogen-bond donors (Lipinski definition) is 0. The zero-order valence-corrected chi connectivity index (χ0v) is 19.7. The summed E-state index contributed by atoms with van der Waals surface area (Å²) in [5.41, 5.74) is 16.2. The summed E-state index contributed by atoms with van der Waals surface area (Å²) in [5, 5.41) is 4.09. The van der Waals surface area contributed by atoms with Crippen molar-refractivity contribution in [1.82, 2.24) is 0 Å². The van der Waals surface area contributed by atoms with Crippen LogP contribution < -0.4 is 4.57 Å². The van der Waals surface area contributed by atoms with Crippen molar-refractivity contribution in [3.05, 3.63) is 88.5 Å². The fraction of sp³-hybridized carbons (Fsp3) is 0.194. The summed E-state index contributed by atoms with van der Waals surface area (Å²) in [4.78, 5) is 0. The average molecular weight is 415 g/mol. The number of aromatic nitrogens is 1. The molecule has 1 heterocycles. The number of benzene rings is 4. The summed E-state index contributed by atoms with van der Waals surface area (Å²) in [6.07, 6.45) is 0. The molecule has 0 atom stereocenters. The van der Waals surface area contributed by atoms with Crippen molar-refractivity contribution in [1.29, 1.82) is 0 Å². The quantitative estimate of drug-likeness (QED) is 0.243. The molecule has 0 amide bonds. The Morgan fingerprint density at radius 2 is 1.28 bits per heavy atom. The largest absolute Gasteiger partial charge is 0.213 e. The molecule has 0 aliphatic heterocycles. The second kappa shape index (κ2) is 6.53. The lowest BCUT2D eigenvalue weighted by atomic mass is 9.89. The highest BCUT2D eigenvalue weighted by Crippen LogP contribution is 2.50. The molecule has 0 spiro atoms. The van der Waals surface area contributed by atoms with Gasteiger partial charge in [-0.3, -0.25) is 0 Å². The van der Waals surface area contributed by atoms with Crippen LogP contribution in [0.3, 0.4) is 0 Å². The Morgan fingerprint density at radius 3 is 2.03 bits per heavy atom. The molecule has 0 saturated carbocycles. The standard InChI is InChI=1S/C31H28N/c1-17-13-18(2)29-19(3)15-27(32(6)28(29)14-17)25-16-26-23-11-7-9-22-10-8-12-24(31(22)23)30(26)21(5)20(25)4/h7-16H,1-6H3/q+1. The summed E-state index contributed by atoms with van der Waals surface area (Å²) in [6, 6.07) is 22.8. The topological polar surface area (TPSA) is 3.88 Å². The Kier molecular flexibility index (Phi) is 3.93. The molecule has 0 fully saturated rings. The summed E-state index contributed by atoms with van der Waals surface area (Å²) >= 11 is 0. The Labute approximate surface area is 190 Å². The molecule has 4 aromatic carbocycles. The fourth-order valence-corrected chi connectivity index (χ4v) is 6.00. The van der Waals surface area contributed by atoms with E-state index < -0.39 is 0 Å². The van der Waals surface area contributed by atoms with E-state index in [1.807, 2.05) is 0 Å². The zero-order valence-electron chi connectivity index (χ0n) is 19.7. The van der Waals surface area contributed by atoms with E-state index >= 15 is 0 Å². The van der Waals surface area contributed by atoms with E-state index in [9.17, 15) is 0 Å². The average Bonchev–Trinajstić information content (AvgIpc) is 3.09. The van der Waals surface area contributed by atoms with Crippen LogP contribution in [0.2, 0.25) is 0 Å². The predicted octanol–water partition coefficient (Wildman–Crippen LogP) is 7.67. The van der Waals surface area contributed by atoms with Crippen LogP contribution in [0.25, 0.3) is 55.2 Å². The van der Waals surface area contributed by atoms with E-state index in [0.29, 0.717) is 0 Å². The molecule has 6 rings (SSSR count). The van der Waals surface area contributed by atoms with Crippen molar-refractivity contribution in [3.8, 4) is 33.5 Å². The first-order valence-corrected chi connectivity index (χ1v) is 11.4. The van der Waals surface area contributed by atoms with Crippen LogP contribution >= 0.6 is 0 Å². The van der Waals surface area contributed by atoms with Crippen LogP contribution in [0.15, 0.2) is 60.7 Å². The number of pyridine rings is 1. The first kappa shape index (κ1) is 19.3. The van der Waals surface area contributed by atoms with Crippen LogP contribution in [0.1, 0.15) is 27.8 Å². The van der Waals surface area contributed by atoms with Gasteiger partial charge in [0.15, 0.2) is 0 Å². The van der Waals surface area contributed by atoms with E-state index in [1.165, 1.54) is 83.0 Å². The third-order valence-corrected chi connectivity index (χ3v) is 7.57. The second-order valence-electron chi connectivity index (χ2n) is 9.55. The van der Waals surface area contributed by atoms with E-state index in [4.69, 9.17) is 0 Å². The summed E-state index contributed by atoms with van der Waals surface area (Å²) in [6.45, 7) is 11.3. The van der Waals surface area contributed by atoms with Gasteiger partial charge >= 0.3 is 0 Å². The van der Waals surface area contributed by atoms with Crippen molar-refractivity contribution in [2.45, 2.75) is 34.6 Å². The number of hydrogen-bond acceptors (Lipinski definition) is 0. The predicted molar refractivity (Wildman–Crippen MR) is 136 cm³/mol. The van der Waals surface area contributed by atoms with Gasteiger partial charge in [0.1, 0.15) is 7.05 Å². The zero-order chi connectivity index (χ0) is 22.3. The molecule has 5 aromatic rings. The highest BCUT2D eigenvalue weighted by Gasteiger charge is 2.28. The normalized spacial score (nSPS) is 12.1. The molecule has 0 radical (unpaired) electrons. The van der Waals surface area contributed by atoms with Gasteiger partial charge in [-0.1, -0.05) is 42.5 Å². The first-order valence-electron chi connectivity index (χ1n) is 11.4. The third-order valence-electron chi connectivity index (χ3n) is 7.57. The molecule has 1 nitrogen and oxygen atoms in total. The molecule has 0 unspecified atom stereocenters. The minimum Gasteiger partial charge on any atom is -0.194 e.